The van der Waals surface area contributed by atoms with Gasteiger partial charge in [-0.05, 0) is 89.5 Å². The van der Waals surface area contributed by atoms with Gasteiger partial charge < -0.3 is 28.5 Å². The summed E-state index contributed by atoms with van der Waals surface area (Å²) in [5.41, 5.74) is 0. The number of nitrogens with zero attached hydrogens (tertiary/aromatic N) is 1. The molecule has 0 saturated carbocycles. The molecule has 0 aromatic rings. The third kappa shape index (κ3) is 60.6. The summed E-state index contributed by atoms with van der Waals surface area (Å²) in [6, 6.07) is -0.888. The molecule has 470 valence electrons. The average Bonchev–Trinajstić information content (AvgIpc) is 3.43. The zero-order chi connectivity index (χ0) is 58.6. The number of quaternary nitrogens is 1. The fourth-order valence-electron chi connectivity index (χ4n) is 10.1. The third-order valence-corrected chi connectivity index (χ3v) is 16.4. The minimum atomic E-state index is -4.70. The van der Waals surface area contributed by atoms with E-state index in [1.54, 1.807) is 0 Å². The molecular weight excluding hydrogens is 1010 g/mol. The van der Waals surface area contributed by atoms with Crippen LogP contribution in [0.3, 0.4) is 0 Å². The van der Waals surface area contributed by atoms with E-state index in [4.69, 9.17) is 13.8 Å². The summed E-state index contributed by atoms with van der Waals surface area (Å²) in [6.07, 6.45) is 75.2. The second-order valence-corrected chi connectivity index (χ2v) is 26.1. The van der Waals surface area contributed by atoms with Gasteiger partial charge in [0.1, 0.15) is 19.3 Å². The highest BCUT2D eigenvalue weighted by atomic mass is 31.2. The van der Waals surface area contributed by atoms with Gasteiger partial charge in [-0.2, -0.15) is 0 Å². The fraction of sp³-hybridized carbons (Fsp3) is 0.857. The van der Waals surface area contributed by atoms with E-state index < -0.39 is 20.0 Å². The van der Waals surface area contributed by atoms with E-state index in [0.717, 1.165) is 77.0 Å². The van der Waals surface area contributed by atoms with Crippen LogP contribution in [0.2, 0.25) is 0 Å². The molecule has 1 N–H and O–H groups in total. The quantitative estimate of drug-likeness (QED) is 0.0212. The SMILES string of the molecule is CCCCC/C=C\C/C=C\CCCCCCCCCCCCCCCCCCCC(=O)OC(/C=C\CCCCCCCCCCCC)C(COP(=O)([O-])OCC[N+](C)(C)C)NC(=O)CCCCCCCCC/C=C\CCCCCC. The highest BCUT2D eigenvalue weighted by molar-refractivity contribution is 7.45. The number of carbonyl (C=O) groups is 2. The van der Waals surface area contributed by atoms with E-state index in [1.807, 2.05) is 33.3 Å². The summed E-state index contributed by atoms with van der Waals surface area (Å²) in [5.74, 6) is -0.532. The highest BCUT2D eigenvalue weighted by Crippen LogP contribution is 2.38. The van der Waals surface area contributed by atoms with Gasteiger partial charge in [-0.15, -0.1) is 0 Å². The van der Waals surface area contributed by atoms with Gasteiger partial charge in [0.15, 0.2) is 0 Å². The first-order valence-electron chi connectivity index (χ1n) is 34.4. The molecule has 0 aromatic heterocycles. The molecule has 0 aliphatic carbocycles. The number of esters is 1. The fourth-order valence-corrected chi connectivity index (χ4v) is 10.9. The largest absolute Gasteiger partial charge is 0.756 e. The zero-order valence-electron chi connectivity index (χ0n) is 53.8. The van der Waals surface area contributed by atoms with Crippen LogP contribution in [0.25, 0.3) is 0 Å². The molecule has 0 aromatic carbocycles. The molecule has 80 heavy (non-hydrogen) atoms. The molecule has 0 fully saturated rings. The summed E-state index contributed by atoms with van der Waals surface area (Å²) in [6.45, 7) is 6.84. The minimum Gasteiger partial charge on any atom is -0.756 e. The lowest BCUT2D eigenvalue weighted by molar-refractivity contribution is -0.870. The number of carbonyl (C=O) groups excluding carboxylic acids is 2. The second kappa shape index (κ2) is 60.1. The Morgan fingerprint density at radius 3 is 1.18 bits per heavy atom. The number of phosphoric ester groups is 1. The number of hydrogen-bond donors (Lipinski definition) is 1. The van der Waals surface area contributed by atoms with Gasteiger partial charge in [0.2, 0.25) is 5.91 Å². The average molecular weight is 1150 g/mol. The van der Waals surface area contributed by atoms with Gasteiger partial charge in [0.05, 0.1) is 33.8 Å². The van der Waals surface area contributed by atoms with Crippen LogP contribution < -0.4 is 10.2 Å². The van der Waals surface area contributed by atoms with E-state index >= 15 is 0 Å². The third-order valence-electron chi connectivity index (χ3n) is 15.5. The predicted octanol–water partition coefficient (Wildman–Crippen LogP) is 21.0. The van der Waals surface area contributed by atoms with Crippen molar-refractivity contribution in [1.29, 1.82) is 0 Å². The molecule has 0 rings (SSSR count). The van der Waals surface area contributed by atoms with Crippen LogP contribution in [0.5, 0.6) is 0 Å². The minimum absolute atomic E-state index is 0.0216. The van der Waals surface area contributed by atoms with Gasteiger partial charge in [-0.1, -0.05) is 282 Å². The van der Waals surface area contributed by atoms with Gasteiger partial charge in [0.25, 0.3) is 7.82 Å². The number of ether oxygens (including phenoxy) is 1. The summed E-state index contributed by atoms with van der Waals surface area (Å²) < 4.78 is 30.4. The smallest absolute Gasteiger partial charge is 0.306 e. The van der Waals surface area contributed by atoms with Crippen LogP contribution >= 0.6 is 7.82 Å². The first kappa shape index (κ1) is 78.0. The van der Waals surface area contributed by atoms with Crippen molar-refractivity contribution in [2.45, 2.75) is 348 Å². The van der Waals surface area contributed by atoms with Crippen LogP contribution in [-0.4, -0.2) is 69.4 Å². The van der Waals surface area contributed by atoms with Crippen molar-refractivity contribution in [2.75, 3.05) is 40.9 Å². The lowest BCUT2D eigenvalue weighted by Crippen LogP contribution is -2.47. The van der Waals surface area contributed by atoms with Crippen molar-refractivity contribution in [3.8, 4) is 0 Å². The van der Waals surface area contributed by atoms with Crippen LogP contribution in [0.15, 0.2) is 48.6 Å². The molecule has 0 aliphatic heterocycles. The number of allylic oxidation sites excluding steroid dienone is 7. The topological polar surface area (TPSA) is 114 Å². The lowest BCUT2D eigenvalue weighted by Gasteiger charge is -2.30. The van der Waals surface area contributed by atoms with E-state index in [1.165, 1.54) is 225 Å². The molecular formula is C70H133N2O7P. The molecule has 9 nitrogen and oxygen atoms in total. The molecule has 0 bridgehead atoms. The molecule has 0 saturated heterocycles. The lowest BCUT2D eigenvalue weighted by atomic mass is 10.0. The van der Waals surface area contributed by atoms with Crippen molar-refractivity contribution in [3.05, 3.63) is 48.6 Å². The van der Waals surface area contributed by atoms with Gasteiger partial charge >= 0.3 is 5.97 Å². The molecule has 3 unspecified atom stereocenters. The summed E-state index contributed by atoms with van der Waals surface area (Å²) in [7, 11) is 1.19. The molecule has 3 atom stereocenters. The van der Waals surface area contributed by atoms with Gasteiger partial charge in [-0.3, -0.25) is 14.2 Å². The Labute approximate surface area is 497 Å². The van der Waals surface area contributed by atoms with Crippen LogP contribution in [0, 0.1) is 0 Å². The van der Waals surface area contributed by atoms with Crippen molar-refractivity contribution in [2.24, 2.45) is 0 Å². The van der Waals surface area contributed by atoms with Crippen LogP contribution in [0.4, 0.5) is 0 Å². The highest BCUT2D eigenvalue weighted by Gasteiger charge is 2.27. The first-order chi connectivity index (χ1) is 38.9. The van der Waals surface area contributed by atoms with E-state index in [9.17, 15) is 19.0 Å². The molecule has 1 amide bonds. The Hall–Kier alpha value is -2.03. The first-order valence-corrected chi connectivity index (χ1v) is 35.9. The Morgan fingerprint density at radius 1 is 0.438 bits per heavy atom. The standard InChI is InChI=1S/C70H133N2O7P/c1-7-10-13-16-19-22-25-28-30-31-32-33-34-35-36-37-38-39-40-41-43-45-48-51-54-57-60-63-70(74)79-68(61-58-55-52-49-46-27-24-21-18-15-12-9-3)67(66-78-80(75,76)77-65-64-72(4,5)6)71-69(73)62-59-56-53-50-47-44-42-29-26-23-20-17-14-11-8-2/h19,22-23,26,28,30,58,61,67-68H,7-18,20-21,24-25,27,29,31-57,59-60,62-66H2,1-6H3,(H-,71,73,75,76)/b22-19-,26-23-,30-28-,61-58-. The van der Waals surface area contributed by atoms with E-state index in [0.29, 0.717) is 17.4 Å². The maximum absolute atomic E-state index is 13.5. The number of rotatable bonds is 63. The molecule has 0 spiro atoms. The number of unbranched alkanes of at least 4 members (excludes halogenated alkanes) is 41. The second-order valence-electron chi connectivity index (χ2n) is 24.7. The zero-order valence-corrected chi connectivity index (χ0v) is 54.7. The van der Waals surface area contributed by atoms with Crippen molar-refractivity contribution in [1.82, 2.24) is 5.32 Å². The molecule has 10 heteroatoms. The summed E-state index contributed by atoms with van der Waals surface area (Å²) in [5, 5.41) is 3.04. The number of amides is 1. The summed E-state index contributed by atoms with van der Waals surface area (Å²) >= 11 is 0. The number of likely N-dealkylation sites (N-methyl/N-ethyl adjacent to an activating group) is 1. The van der Waals surface area contributed by atoms with Crippen LogP contribution in [0.1, 0.15) is 335 Å². The number of nitrogens with one attached hydrogen (secondary N) is 1. The van der Waals surface area contributed by atoms with Crippen molar-refractivity contribution >= 4 is 19.7 Å². The van der Waals surface area contributed by atoms with E-state index in [2.05, 4.69) is 62.5 Å². The summed E-state index contributed by atoms with van der Waals surface area (Å²) in [4.78, 5) is 40.1. The van der Waals surface area contributed by atoms with Crippen molar-refractivity contribution < 1.29 is 37.3 Å². The van der Waals surface area contributed by atoms with Gasteiger partial charge in [-0.25, -0.2) is 0 Å². The Kier molecular flexibility index (Phi) is 58.6. The van der Waals surface area contributed by atoms with Crippen LogP contribution in [-0.2, 0) is 27.9 Å². The number of hydrogen-bond acceptors (Lipinski definition) is 7. The Bertz CT molecular complexity index is 1510. The molecule has 0 aliphatic rings. The maximum atomic E-state index is 13.5. The monoisotopic (exact) mass is 1140 g/mol. The predicted molar refractivity (Wildman–Crippen MR) is 344 cm³/mol. The number of phosphoric acid groups is 1. The maximum Gasteiger partial charge on any atom is 0.306 e. The normalized spacial score (nSPS) is 13.8. The van der Waals surface area contributed by atoms with Gasteiger partial charge in [0, 0.05) is 12.8 Å². The molecule has 0 heterocycles. The Balaban J connectivity index is 4.99. The molecule has 0 radical (unpaired) electrons. The Morgan fingerprint density at radius 2 is 0.762 bits per heavy atom. The van der Waals surface area contributed by atoms with E-state index in [-0.39, 0.29) is 31.5 Å². The van der Waals surface area contributed by atoms with Crippen molar-refractivity contribution in [3.63, 3.8) is 0 Å².